The first-order chi connectivity index (χ1) is 6.13. The van der Waals surface area contributed by atoms with E-state index in [-0.39, 0.29) is 24.1 Å². The quantitative estimate of drug-likeness (QED) is 0.487. The number of nitrogens with zero attached hydrogens (tertiary/aromatic N) is 3. The van der Waals surface area contributed by atoms with Gasteiger partial charge in [0.25, 0.3) is 0 Å². The van der Waals surface area contributed by atoms with Gasteiger partial charge in [-0.05, 0) is 11.3 Å². The van der Waals surface area contributed by atoms with Crippen molar-refractivity contribution in [3.8, 4) is 0 Å². The lowest BCUT2D eigenvalue weighted by Gasteiger charge is -2.07. The molecule has 50 valence electrons. The van der Waals surface area contributed by atoms with Gasteiger partial charge in [0.2, 0.25) is 0 Å². The Labute approximate surface area is 63.1 Å². The highest BCUT2D eigenvalue weighted by molar-refractivity contribution is 6.04. The van der Waals surface area contributed by atoms with Crippen molar-refractivity contribution in [1.82, 2.24) is 0 Å². The molecule has 0 fully saturated rings. The Balaban J connectivity index is 2.62. The first-order valence-corrected chi connectivity index (χ1v) is 3.00. The summed E-state index contributed by atoms with van der Waals surface area (Å²) in [6.07, 6.45) is 0. The first-order valence-electron chi connectivity index (χ1n) is 4.50. The second-order valence-corrected chi connectivity index (χ2v) is 2.14. The van der Waals surface area contributed by atoms with E-state index in [1.807, 2.05) is 0 Å². The first kappa shape index (κ1) is 3.23. The fraction of sp³-hybridized carbons (Fsp3) is 0.286. The zero-order valence-corrected chi connectivity index (χ0v) is 5.42. The summed E-state index contributed by atoms with van der Waals surface area (Å²) in [5.41, 5.74) is 0.875. The van der Waals surface area contributed by atoms with Gasteiger partial charge in [-0.25, -0.2) is 0 Å². The van der Waals surface area contributed by atoms with Crippen molar-refractivity contribution in [1.29, 1.82) is 0 Å². The number of rotatable bonds is 0. The van der Waals surface area contributed by atoms with Gasteiger partial charge >= 0.3 is 0 Å². The van der Waals surface area contributed by atoms with Gasteiger partial charge in [0.05, 0.1) is 9.82 Å². The third-order valence-electron chi connectivity index (χ3n) is 1.42. The molecule has 0 spiro atoms. The minimum absolute atomic E-state index is 0.0527. The van der Waals surface area contributed by atoms with Crippen LogP contribution in [0.5, 0.6) is 0 Å². The van der Waals surface area contributed by atoms with Crippen LogP contribution in [-0.2, 0) is 0 Å². The van der Waals surface area contributed by atoms with Crippen LogP contribution >= 0.6 is 0 Å². The van der Waals surface area contributed by atoms with Gasteiger partial charge in [-0.3, -0.25) is 0 Å². The average molecular weight is 136 g/mol. The number of hydrogen-bond donors (Lipinski definition) is 0. The third kappa shape index (κ3) is 0.635. The van der Waals surface area contributed by atoms with E-state index in [2.05, 4.69) is 15.4 Å². The summed E-state index contributed by atoms with van der Waals surface area (Å²) < 4.78 is 22.5. The maximum absolute atomic E-state index is 7.54. The Morgan fingerprint density at radius 1 is 1.70 bits per heavy atom. The van der Waals surface area contributed by atoms with Crippen molar-refractivity contribution in [2.45, 2.75) is 6.92 Å². The molecule has 1 atom stereocenters. The molecule has 1 heterocycles. The molecule has 1 unspecified atom stereocenters. The van der Waals surface area contributed by atoms with Crippen molar-refractivity contribution in [2.75, 3.05) is 0 Å². The standard InChI is InChI=1S/C7H7N3/c1-5-3-2-4-6-7(5)9-10-8-6/h2-5H,1H3/i2D,3D,4D. The molecule has 0 bridgehead atoms. The molecule has 2 rings (SSSR count). The Hall–Kier alpha value is -1.25. The monoisotopic (exact) mass is 136 g/mol. The Kier molecular flexibility index (Phi) is 0.604. The summed E-state index contributed by atoms with van der Waals surface area (Å²) in [5, 5.41) is 10.8. The van der Waals surface area contributed by atoms with Gasteiger partial charge < -0.3 is 0 Å². The van der Waals surface area contributed by atoms with Gasteiger partial charge in [-0.1, -0.05) is 19.0 Å². The van der Waals surface area contributed by atoms with E-state index in [1.165, 1.54) is 0 Å². The zero-order chi connectivity index (χ0) is 9.59. The maximum atomic E-state index is 7.54. The predicted molar refractivity (Wildman–Crippen MR) is 38.7 cm³/mol. The third-order valence-corrected chi connectivity index (χ3v) is 1.42. The Morgan fingerprint density at radius 3 is 3.50 bits per heavy atom. The van der Waals surface area contributed by atoms with Crippen molar-refractivity contribution < 1.29 is 4.11 Å². The second kappa shape index (κ2) is 1.87. The molecule has 3 heteroatoms. The summed E-state index contributed by atoms with van der Waals surface area (Å²) in [4.78, 5) is 0. The van der Waals surface area contributed by atoms with Crippen LogP contribution in [0.2, 0.25) is 0 Å². The van der Waals surface area contributed by atoms with Crippen molar-refractivity contribution >= 4 is 5.71 Å². The Morgan fingerprint density at radius 2 is 2.60 bits per heavy atom. The molecule has 1 aliphatic heterocycles. The molecule has 2 aliphatic rings. The maximum Gasteiger partial charge on any atom is 0.111 e. The summed E-state index contributed by atoms with van der Waals surface area (Å²) in [7, 11) is 0. The predicted octanol–water partition coefficient (Wildman–Crippen LogP) is 1.90. The molecular weight excluding hydrogens is 126 g/mol. The van der Waals surface area contributed by atoms with Crippen molar-refractivity contribution in [3.63, 3.8) is 0 Å². The Bertz CT molecular complexity index is 390. The van der Waals surface area contributed by atoms with Crippen LogP contribution < -0.4 is 0 Å². The fourth-order valence-electron chi connectivity index (χ4n) is 0.866. The summed E-state index contributed by atoms with van der Waals surface area (Å²) in [5.74, 6) is -0.272. The molecule has 0 saturated heterocycles. The molecule has 0 saturated carbocycles. The molecule has 0 N–H and O–H groups in total. The minimum Gasteiger partial charge on any atom is -0.132 e. The van der Waals surface area contributed by atoms with Crippen LogP contribution in [0.15, 0.2) is 39.3 Å². The van der Waals surface area contributed by atoms with Gasteiger partial charge in [-0.2, -0.15) is 0 Å². The number of hydrogen-bond acceptors (Lipinski definition) is 3. The van der Waals surface area contributed by atoms with E-state index in [4.69, 9.17) is 4.11 Å². The summed E-state index contributed by atoms with van der Waals surface area (Å²) in [6.45, 7) is 1.76. The zero-order valence-electron chi connectivity index (χ0n) is 8.42. The minimum atomic E-state index is -0.272. The van der Waals surface area contributed by atoms with Crippen molar-refractivity contribution in [3.05, 3.63) is 23.9 Å². The van der Waals surface area contributed by atoms with Gasteiger partial charge in [0.1, 0.15) is 5.70 Å². The second-order valence-electron chi connectivity index (χ2n) is 2.14. The summed E-state index contributed by atoms with van der Waals surface area (Å²) in [6, 6.07) is -0.0230. The lowest BCUT2D eigenvalue weighted by atomic mass is 9.98. The molecule has 0 aromatic carbocycles. The topological polar surface area (TPSA) is 37.1 Å². The highest BCUT2D eigenvalue weighted by Gasteiger charge is 2.18. The van der Waals surface area contributed by atoms with Crippen LogP contribution in [0.25, 0.3) is 0 Å². The van der Waals surface area contributed by atoms with Crippen molar-refractivity contribution in [2.24, 2.45) is 21.4 Å². The molecule has 10 heavy (non-hydrogen) atoms. The highest BCUT2D eigenvalue weighted by atomic mass is 15.4. The van der Waals surface area contributed by atoms with Gasteiger partial charge in [-0.15, -0.1) is 10.2 Å². The lowest BCUT2D eigenvalue weighted by Crippen LogP contribution is -2.10. The molecule has 0 aromatic rings. The molecule has 3 nitrogen and oxygen atoms in total. The van der Waals surface area contributed by atoms with Crippen LogP contribution in [0.3, 0.4) is 0 Å². The van der Waals surface area contributed by atoms with Crippen LogP contribution in [0, 0.1) is 5.92 Å². The van der Waals surface area contributed by atoms with Crippen LogP contribution in [0.4, 0.5) is 0 Å². The van der Waals surface area contributed by atoms with Crippen LogP contribution in [0.1, 0.15) is 11.0 Å². The highest BCUT2D eigenvalue weighted by Crippen LogP contribution is 2.21. The normalized spacial score (nSPS) is 35.1. The fourth-order valence-corrected chi connectivity index (χ4v) is 0.866. The SMILES string of the molecule is [2H]C1=C2N=NN=C2C(C)C([2H])=C1[2H]. The largest absolute Gasteiger partial charge is 0.132 e. The molecule has 1 aliphatic carbocycles. The molecule has 0 aromatic heterocycles. The smallest absolute Gasteiger partial charge is 0.111 e. The average Bonchev–Trinajstić information content (AvgIpc) is 2.59. The van der Waals surface area contributed by atoms with E-state index >= 15 is 0 Å². The number of fused-ring (bicyclic) bond motifs is 1. The van der Waals surface area contributed by atoms with E-state index in [0.29, 0.717) is 11.4 Å². The molecule has 0 radical (unpaired) electrons. The van der Waals surface area contributed by atoms with E-state index in [1.54, 1.807) is 6.92 Å². The van der Waals surface area contributed by atoms with Gasteiger partial charge in [0, 0.05) is 5.92 Å². The van der Waals surface area contributed by atoms with E-state index < -0.39 is 0 Å². The molecular formula is C7H7N3. The number of allylic oxidation sites excluding steroid dienone is 4. The van der Waals surface area contributed by atoms with Crippen LogP contribution in [-0.4, -0.2) is 5.71 Å². The lowest BCUT2D eigenvalue weighted by molar-refractivity contribution is 0.985. The molecule has 0 amide bonds. The van der Waals surface area contributed by atoms with E-state index in [0.717, 1.165) is 0 Å². The van der Waals surface area contributed by atoms with E-state index in [9.17, 15) is 0 Å². The van der Waals surface area contributed by atoms with Gasteiger partial charge in [0.15, 0.2) is 0 Å². The summed E-state index contributed by atoms with van der Waals surface area (Å²) >= 11 is 0.